The maximum atomic E-state index is 3.63. The molecule has 2 fully saturated rings. The lowest BCUT2D eigenvalue weighted by Crippen LogP contribution is -2.25. The van der Waals surface area contributed by atoms with Crippen LogP contribution in [0.2, 0.25) is 0 Å². The Balaban J connectivity index is 0.000000750. The van der Waals surface area contributed by atoms with Crippen molar-refractivity contribution in [3.63, 3.8) is 0 Å². The molecule has 1 saturated heterocycles. The average Bonchev–Trinajstić information content (AvgIpc) is 2.43. The lowest BCUT2D eigenvalue weighted by molar-refractivity contribution is 0.209. The molecule has 3 rings (SSSR count). The second-order valence-corrected chi connectivity index (χ2v) is 4.30. The van der Waals surface area contributed by atoms with E-state index in [1.54, 1.807) is 0 Å². The van der Waals surface area contributed by atoms with Crippen molar-refractivity contribution in [1.82, 2.24) is 5.32 Å². The van der Waals surface area contributed by atoms with Crippen LogP contribution in [-0.4, -0.2) is 6.54 Å². The van der Waals surface area contributed by atoms with E-state index in [0.717, 1.165) is 11.8 Å². The Labute approximate surface area is 91.3 Å². The highest BCUT2D eigenvalue weighted by molar-refractivity contribution is 5.85. The van der Waals surface area contributed by atoms with Crippen LogP contribution < -0.4 is 5.32 Å². The van der Waals surface area contributed by atoms with Crippen LogP contribution in [0.3, 0.4) is 0 Å². The summed E-state index contributed by atoms with van der Waals surface area (Å²) in [6, 6.07) is 11.5. The van der Waals surface area contributed by atoms with Crippen molar-refractivity contribution in [2.45, 2.75) is 18.9 Å². The molecule has 3 unspecified atom stereocenters. The zero-order valence-corrected chi connectivity index (χ0v) is 8.96. The van der Waals surface area contributed by atoms with Gasteiger partial charge >= 0.3 is 0 Å². The van der Waals surface area contributed by atoms with Gasteiger partial charge in [-0.05, 0) is 36.8 Å². The topological polar surface area (TPSA) is 12.0 Å². The fourth-order valence-electron chi connectivity index (χ4n) is 2.74. The second kappa shape index (κ2) is 3.92. The number of hydrogen-bond donors (Lipinski definition) is 1. The Hall–Kier alpha value is -0.530. The van der Waals surface area contributed by atoms with E-state index in [4.69, 9.17) is 0 Å². The molecule has 1 heterocycles. The van der Waals surface area contributed by atoms with Gasteiger partial charge in [0.15, 0.2) is 0 Å². The fraction of sp³-hybridized carbons (Fsp3) is 0.500. The normalized spacial score (nSPS) is 34.1. The minimum absolute atomic E-state index is 0. The Morgan fingerprint density at radius 2 is 1.86 bits per heavy atom. The third-order valence-corrected chi connectivity index (χ3v) is 3.66. The molecule has 1 aromatic rings. The largest absolute Gasteiger partial charge is 0.309 e. The van der Waals surface area contributed by atoms with Gasteiger partial charge in [-0.3, -0.25) is 0 Å². The first-order chi connectivity index (χ1) is 6.45. The molecule has 3 atom stereocenters. The van der Waals surface area contributed by atoms with Crippen LogP contribution in [-0.2, 0) is 0 Å². The van der Waals surface area contributed by atoms with Crippen LogP contribution in [0.5, 0.6) is 0 Å². The van der Waals surface area contributed by atoms with Crippen molar-refractivity contribution in [3.05, 3.63) is 35.9 Å². The zero-order chi connectivity index (χ0) is 8.67. The quantitative estimate of drug-likeness (QED) is 0.750. The van der Waals surface area contributed by atoms with Gasteiger partial charge in [0.05, 0.1) is 0 Å². The Morgan fingerprint density at radius 3 is 2.43 bits per heavy atom. The highest BCUT2D eigenvalue weighted by atomic mass is 35.5. The molecule has 1 aromatic carbocycles. The van der Waals surface area contributed by atoms with Crippen molar-refractivity contribution in [1.29, 1.82) is 0 Å². The molecule has 1 saturated carbocycles. The maximum Gasteiger partial charge on any atom is 0.0351 e. The zero-order valence-electron chi connectivity index (χ0n) is 8.15. The molecule has 14 heavy (non-hydrogen) atoms. The molecule has 76 valence electrons. The summed E-state index contributed by atoms with van der Waals surface area (Å²) in [5, 5.41) is 3.63. The molecule has 1 N–H and O–H groups in total. The summed E-state index contributed by atoms with van der Waals surface area (Å²) in [4.78, 5) is 0. The lowest BCUT2D eigenvalue weighted by Gasteiger charge is -2.33. The van der Waals surface area contributed by atoms with Gasteiger partial charge < -0.3 is 5.32 Å². The average molecular weight is 210 g/mol. The molecule has 2 aliphatic rings. The molecule has 0 aromatic heterocycles. The van der Waals surface area contributed by atoms with Gasteiger partial charge in [-0.1, -0.05) is 30.3 Å². The fourth-order valence-corrected chi connectivity index (χ4v) is 2.74. The van der Waals surface area contributed by atoms with E-state index in [-0.39, 0.29) is 12.4 Å². The van der Waals surface area contributed by atoms with Crippen LogP contribution in [0.1, 0.15) is 24.4 Å². The van der Waals surface area contributed by atoms with Crippen molar-refractivity contribution in [2.24, 2.45) is 11.8 Å². The monoisotopic (exact) mass is 209 g/mol. The third kappa shape index (κ3) is 1.45. The standard InChI is InChI=1S/C12H15N.ClH/c1-2-4-9(5-3-1)12-11-7-6-10(11)8-13-12;/h1-5,10-13H,6-8H2;1H. The minimum atomic E-state index is 0. The van der Waals surface area contributed by atoms with Gasteiger partial charge in [-0.25, -0.2) is 0 Å². The first-order valence-corrected chi connectivity index (χ1v) is 5.23. The number of benzene rings is 1. The van der Waals surface area contributed by atoms with Crippen LogP contribution in [0.15, 0.2) is 30.3 Å². The van der Waals surface area contributed by atoms with E-state index in [0.29, 0.717) is 6.04 Å². The summed E-state index contributed by atoms with van der Waals surface area (Å²) in [6.45, 7) is 1.24. The predicted molar refractivity (Wildman–Crippen MR) is 60.6 cm³/mol. The van der Waals surface area contributed by atoms with Gasteiger partial charge in [0.25, 0.3) is 0 Å². The Morgan fingerprint density at radius 1 is 1.07 bits per heavy atom. The van der Waals surface area contributed by atoms with Crippen molar-refractivity contribution >= 4 is 12.4 Å². The predicted octanol–water partition coefficient (Wildman–Crippen LogP) is 2.78. The highest BCUT2D eigenvalue weighted by Gasteiger charge is 2.42. The first kappa shape index (κ1) is 10.0. The Kier molecular flexibility index (Phi) is 2.80. The van der Waals surface area contributed by atoms with Gasteiger partial charge in [-0.15, -0.1) is 12.4 Å². The smallest absolute Gasteiger partial charge is 0.0351 e. The van der Waals surface area contributed by atoms with Crippen molar-refractivity contribution < 1.29 is 0 Å². The number of rotatable bonds is 1. The number of hydrogen-bond acceptors (Lipinski definition) is 1. The minimum Gasteiger partial charge on any atom is -0.309 e. The Bertz CT molecular complexity index is 298. The summed E-state index contributed by atoms with van der Waals surface area (Å²) in [5.74, 6) is 1.91. The van der Waals surface area contributed by atoms with Gasteiger partial charge in [0.2, 0.25) is 0 Å². The molecule has 1 nitrogen and oxygen atoms in total. The molecule has 1 aliphatic heterocycles. The molecule has 2 heteroatoms. The lowest BCUT2D eigenvalue weighted by atomic mass is 9.72. The summed E-state index contributed by atoms with van der Waals surface area (Å²) in [5.41, 5.74) is 1.48. The second-order valence-electron chi connectivity index (χ2n) is 4.30. The van der Waals surface area contributed by atoms with Crippen LogP contribution in [0.25, 0.3) is 0 Å². The van der Waals surface area contributed by atoms with Gasteiger partial charge in [-0.2, -0.15) is 0 Å². The van der Waals surface area contributed by atoms with Crippen molar-refractivity contribution in [3.8, 4) is 0 Å². The van der Waals surface area contributed by atoms with Crippen LogP contribution >= 0.6 is 12.4 Å². The van der Waals surface area contributed by atoms with Gasteiger partial charge in [0.1, 0.15) is 0 Å². The summed E-state index contributed by atoms with van der Waals surface area (Å²) >= 11 is 0. The van der Waals surface area contributed by atoms with E-state index < -0.39 is 0 Å². The number of halogens is 1. The summed E-state index contributed by atoms with van der Waals surface area (Å²) < 4.78 is 0. The molecule has 0 radical (unpaired) electrons. The molecule has 0 amide bonds. The van der Waals surface area contributed by atoms with Crippen LogP contribution in [0, 0.1) is 11.8 Å². The van der Waals surface area contributed by atoms with E-state index in [1.807, 2.05) is 0 Å². The van der Waals surface area contributed by atoms with Crippen LogP contribution in [0.4, 0.5) is 0 Å². The SMILES string of the molecule is Cl.c1ccc(C2NCC3CCC32)cc1. The third-order valence-electron chi connectivity index (χ3n) is 3.66. The number of fused-ring (bicyclic) bond motifs is 1. The first-order valence-electron chi connectivity index (χ1n) is 5.23. The maximum absolute atomic E-state index is 3.63. The van der Waals surface area contributed by atoms with E-state index >= 15 is 0 Å². The molecule has 1 aliphatic carbocycles. The van der Waals surface area contributed by atoms with Crippen molar-refractivity contribution in [2.75, 3.05) is 6.54 Å². The molecule has 0 bridgehead atoms. The van der Waals surface area contributed by atoms with Gasteiger partial charge in [0, 0.05) is 6.04 Å². The van der Waals surface area contributed by atoms with E-state index in [9.17, 15) is 0 Å². The number of nitrogens with one attached hydrogen (secondary N) is 1. The van der Waals surface area contributed by atoms with E-state index in [1.165, 1.54) is 24.9 Å². The summed E-state index contributed by atoms with van der Waals surface area (Å²) in [6.07, 6.45) is 2.87. The molecule has 0 spiro atoms. The molecular formula is C12H16ClN. The molecular weight excluding hydrogens is 194 g/mol. The van der Waals surface area contributed by atoms with E-state index in [2.05, 4.69) is 35.6 Å². The summed E-state index contributed by atoms with van der Waals surface area (Å²) in [7, 11) is 0. The highest BCUT2D eigenvalue weighted by Crippen LogP contribution is 2.46.